The van der Waals surface area contributed by atoms with Crippen LogP contribution in [-0.2, 0) is 29.0 Å². The molecule has 0 saturated heterocycles. The number of likely N-dealkylation sites (N-methyl/N-ethyl adjacent to an activating group) is 1. The molecule has 0 saturated carbocycles. The van der Waals surface area contributed by atoms with Gasteiger partial charge in [0.2, 0.25) is 0 Å². The van der Waals surface area contributed by atoms with Gasteiger partial charge in [-0.2, -0.15) is 5.10 Å². The summed E-state index contributed by atoms with van der Waals surface area (Å²) in [6.07, 6.45) is 2.97. The van der Waals surface area contributed by atoms with Crippen molar-refractivity contribution in [2.45, 2.75) is 43.0 Å². The molecule has 7 nitrogen and oxygen atoms in total. The van der Waals surface area contributed by atoms with E-state index in [0.717, 1.165) is 36.5 Å². The molecule has 0 aliphatic rings. The van der Waals surface area contributed by atoms with Crippen molar-refractivity contribution in [3.8, 4) is 0 Å². The predicted molar refractivity (Wildman–Crippen MR) is 114 cm³/mol. The summed E-state index contributed by atoms with van der Waals surface area (Å²) in [6.45, 7) is 6.16. The molecule has 0 atom stereocenters. The molecular formula is C21H28FN3O4S. The summed E-state index contributed by atoms with van der Waals surface area (Å²) in [6, 6.07) is 6.68. The third kappa shape index (κ3) is 8.79. The van der Waals surface area contributed by atoms with Crippen LogP contribution in [0.15, 0.2) is 46.2 Å². The van der Waals surface area contributed by atoms with Crippen LogP contribution in [0.3, 0.4) is 0 Å². The van der Waals surface area contributed by atoms with Gasteiger partial charge >= 0.3 is 11.9 Å². The van der Waals surface area contributed by atoms with Crippen LogP contribution in [0.5, 0.6) is 0 Å². The maximum Gasteiger partial charge on any atom is 0.328 e. The highest BCUT2D eigenvalue weighted by molar-refractivity contribution is 7.99. The lowest BCUT2D eigenvalue weighted by Gasteiger charge is -2.12. The molecule has 2 N–H and O–H groups in total. The van der Waals surface area contributed by atoms with Gasteiger partial charge < -0.3 is 15.1 Å². The summed E-state index contributed by atoms with van der Waals surface area (Å²) in [5.74, 6) is -2.71. The van der Waals surface area contributed by atoms with Crippen LogP contribution in [0.25, 0.3) is 0 Å². The molecule has 2 rings (SSSR count). The molecule has 0 aliphatic heterocycles. The number of aromatic nitrogens is 2. The minimum absolute atomic E-state index is 0.197. The summed E-state index contributed by atoms with van der Waals surface area (Å²) in [5.41, 5.74) is 2.40. The van der Waals surface area contributed by atoms with E-state index in [9.17, 15) is 14.0 Å². The number of rotatable bonds is 9. The van der Waals surface area contributed by atoms with Crippen LogP contribution in [-0.4, -0.2) is 57.5 Å². The highest BCUT2D eigenvalue weighted by Crippen LogP contribution is 2.34. The zero-order valence-corrected chi connectivity index (χ0v) is 18.4. The Morgan fingerprint density at radius 2 is 1.67 bits per heavy atom. The third-order valence-electron chi connectivity index (χ3n) is 3.91. The molecule has 9 heteroatoms. The largest absolute Gasteiger partial charge is 0.478 e. The fraction of sp³-hybridized carbons (Fsp3) is 0.381. The molecule has 0 amide bonds. The summed E-state index contributed by atoms with van der Waals surface area (Å²) in [5, 5.41) is 20.4. The van der Waals surface area contributed by atoms with Crippen molar-refractivity contribution in [1.82, 2.24) is 14.7 Å². The lowest BCUT2D eigenvalue weighted by molar-refractivity contribution is -0.134. The summed E-state index contributed by atoms with van der Waals surface area (Å²) >= 11 is 1.69. The van der Waals surface area contributed by atoms with Crippen LogP contribution in [0.2, 0.25) is 0 Å². The average molecular weight is 438 g/mol. The van der Waals surface area contributed by atoms with Gasteiger partial charge in [0, 0.05) is 23.6 Å². The molecule has 1 aromatic heterocycles. The molecule has 1 heterocycles. The van der Waals surface area contributed by atoms with Gasteiger partial charge in [0.1, 0.15) is 5.82 Å². The maximum absolute atomic E-state index is 13.1. The molecule has 30 heavy (non-hydrogen) atoms. The second-order valence-corrected chi connectivity index (χ2v) is 7.61. The molecule has 0 aliphatic carbocycles. The zero-order chi connectivity index (χ0) is 22.7. The predicted octanol–water partition coefficient (Wildman–Crippen LogP) is 3.57. The Hall–Kier alpha value is -2.65. The average Bonchev–Trinajstić information content (AvgIpc) is 3.03. The number of carboxylic acids is 2. The van der Waals surface area contributed by atoms with Crippen LogP contribution < -0.4 is 0 Å². The van der Waals surface area contributed by atoms with E-state index in [4.69, 9.17) is 15.3 Å². The Morgan fingerprint density at radius 3 is 2.10 bits per heavy atom. The fourth-order valence-electron chi connectivity index (χ4n) is 2.47. The number of hydrogen-bond donors (Lipinski definition) is 2. The van der Waals surface area contributed by atoms with E-state index < -0.39 is 11.9 Å². The standard InChI is InChI=1S/C17H24FN3S.C4H4O4/c1-5-15-17(22-14-9-7-13(18)8-10-14)16(6-2)21(19-15)12-11-20(3)4;5-3(6)1-2-4(7)8/h7-10H,5-6,11-12H2,1-4H3;1-2H,(H,5,6)(H,7,8)/b;2-1-. The van der Waals surface area contributed by atoms with Crippen LogP contribution in [0.4, 0.5) is 4.39 Å². The lowest BCUT2D eigenvalue weighted by Crippen LogP contribution is -2.20. The van der Waals surface area contributed by atoms with Gasteiger partial charge in [-0.1, -0.05) is 25.6 Å². The number of benzene rings is 1. The highest BCUT2D eigenvalue weighted by atomic mass is 32.2. The van der Waals surface area contributed by atoms with Crippen molar-refractivity contribution in [3.63, 3.8) is 0 Å². The molecule has 0 bridgehead atoms. The van der Waals surface area contributed by atoms with Crippen molar-refractivity contribution in [1.29, 1.82) is 0 Å². The molecular weight excluding hydrogens is 409 g/mol. The monoisotopic (exact) mass is 437 g/mol. The van der Waals surface area contributed by atoms with Gasteiger partial charge in [0.05, 0.1) is 22.8 Å². The Bertz CT molecular complexity index is 848. The quantitative estimate of drug-likeness (QED) is 0.579. The first-order chi connectivity index (χ1) is 14.2. The Morgan fingerprint density at radius 1 is 1.10 bits per heavy atom. The minimum Gasteiger partial charge on any atom is -0.478 e. The number of halogens is 1. The normalized spacial score (nSPS) is 10.9. The number of nitrogens with zero attached hydrogens (tertiary/aromatic N) is 3. The molecule has 0 fully saturated rings. The van der Waals surface area contributed by atoms with E-state index in [1.165, 1.54) is 22.7 Å². The minimum atomic E-state index is -1.26. The summed E-state index contributed by atoms with van der Waals surface area (Å²) in [7, 11) is 4.15. The Labute approximate surface area is 180 Å². The summed E-state index contributed by atoms with van der Waals surface area (Å²) < 4.78 is 15.2. The van der Waals surface area contributed by atoms with Crippen LogP contribution in [0.1, 0.15) is 25.2 Å². The van der Waals surface area contributed by atoms with Crippen molar-refractivity contribution in [3.05, 3.63) is 53.6 Å². The number of carbonyl (C=O) groups is 2. The molecule has 2 aromatic rings. The number of aryl methyl sites for hydroxylation is 1. The first kappa shape index (κ1) is 25.4. The van der Waals surface area contributed by atoms with Gasteiger partial charge in [0.25, 0.3) is 0 Å². The van der Waals surface area contributed by atoms with Gasteiger partial charge in [-0.15, -0.1) is 0 Å². The van der Waals surface area contributed by atoms with E-state index in [-0.39, 0.29) is 5.82 Å². The number of aliphatic carboxylic acids is 2. The highest BCUT2D eigenvalue weighted by Gasteiger charge is 2.16. The van der Waals surface area contributed by atoms with Gasteiger partial charge in [0.15, 0.2) is 0 Å². The molecule has 164 valence electrons. The fourth-order valence-corrected chi connectivity index (χ4v) is 3.65. The topological polar surface area (TPSA) is 95.7 Å². The zero-order valence-electron chi connectivity index (χ0n) is 17.6. The maximum atomic E-state index is 13.1. The SMILES string of the molecule is CCc1nn(CCN(C)C)c(CC)c1Sc1ccc(F)cc1.O=C(O)/C=C\C(=O)O. The first-order valence-corrected chi connectivity index (χ1v) is 10.3. The number of carboxylic acid groups (broad SMARTS) is 2. The summed E-state index contributed by atoms with van der Waals surface area (Å²) in [4.78, 5) is 23.6. The van der Waals surface area contributed by atoms with Crippen molar-refractivity contribution < 1.29 is 24.2 Å². The second-order valence-electron chi connectivity index (χ2n) is 6.52. The van der Waals surface area contributed by atoms with Gasteiger partial charge in [-0.05, 0) is 51.2 Å². The third-order valence-corrected chi connectivity index (χ3v) is 5.09. The van der Waals surface area contributed by atoms with Crippen molar-refractivity contribution in [2.75, 3.05) is 20.6 Å². The van der Waals surface area contributed by atoms with E-state index in [2.05, 4.69) is 37.5 Å². The molecule has 0 unspecified atom stereocenters. The number of hydrogen-bond acceptors (Lipinski definition) is 5. The van der Waals surface area contributed by atoms with Gasteiger partial charge in [-0.25, -0.2) is 14.0 Å². The second kappa shape index (κ2) is 12.8. The van der Waals surface area contributed by atoms with Gasteiger partial charge in [-0.3, -0.25) is 4.68 Å². The van der Waals surface area contributed by atoms with Crippen LogP contribution >= 0.6 is 11.8 Å². The van der Waals surface area contributed by atoms with Crippen LogP contribution in [0, 0.1) is 5.82 Å². The van der Waals surface area contributed by atoms with Crippen molar-refractivity contribution >= 4 is 23.7 Å². The lowest BCUT2D eigenvalue weighted by atomic mass is 10.2. The Balaban J connectivity index is 0.000000479. The molecule has 0 spiro atoms. The first-order valence-electron chi connectivity index (χ1n) is 9.48. The smallest absolute Gasteiger partial charge is 0.328 e. The van der Waals surface area contributed by atoms with E-state index in [1.807, 2.05) is 12.1 Å². The van der Waals surface area contributed by atoms with E-state index in [0.29, 0.717) is 12.2 Å². The molecule has 1 aromatic carbocycles. The van der Waals surface area contributed by atoms with E-state index in [1.54, 1.807) is 11.8 Å². The van der Waals surface area contributed by atoms with Crippen molar-refractivity contribution in [2.24, 2.45) is 0 Å². The Kier molecular flexibility index (Phi) is 10.8. The van der Waals surface area contributed by atoms with E-state index >= 15 is 0 Å². The molecule has 0 radical (unpaired) electrons.